The molecule has 1 aromatic carbocycles. The molecule has 3 N–H and O–H groups in total. The van der Waals surface area contributed by atoms with E-state index in [1.807, 2.05) is 32.0 Å². The van der Waals surface area contributed by atoms with E-state index in [2.05, 4.69) is 11.5 Å². The van der Waals surface area contributed by atoms with Crippen LogP contribution in [0.1, 0.15) is 44.7 Å². The molecule has 0 bridgehead atoms. The summed E-state index contributed by atoms with van der Waals surface area (Å²) in [6, 6.07) is 8.38. The van der Waals surface area contributed by atoms with Crippen LogP contribution in [-0.4, -0.2) is 6.10 Å². The number of rotatable bonds is 6. The predicted octanol–water partition coefficient (Wildman–Crippen LogP) is 2.78. The molecular weight excluding hydrogens is 212 g/mol. The van der Waals surface area contributed by atoms with Gasteiger partial charge in [-0.25, -0.2) is 0 Å². The van der Waals surface area contributed by atoms with E-state index in [0.717, 1.165) is 18.1 Å². The molecule has 1 aromatic rings. The maximum absolute atomic E-state index is 5.83. The van der Waals surface area contributed by atoms with Crippen molar-refractivity contribution in [1.29, 1.82) is 0 Å². The van der Waals surface area contributed by atoms with Gasteiger partial charge in [0.2, 0.25) is 0 Å². The van der Waals surface area contributed by atoms with E-state index in [9.17, 15) is 0 Å². The first-order valence-corrected chi connectivity index (χ1v) is 6.42. The van der Waals surface area contributed by atoms with Crippen molar-refractivity contribution in [2.24, 2.45) is 11.8 Å². The van der Waals surface area contributed by atoms with Gasteiger partial charge in [-0.15, -0.1) is 0 Å². The molecule has 0 heterocycles. The third-order valence-electron chi connectivity index (χ3n) is 3.12. The van der Waals surface area contributed by atoms with Crippen molar-refractivity contribution in [3.8, 4) is 5.75 Å². The van der Waals surface area contributed by atoms with Gasteiger partial charge in [0.15, 0.2) is 0 Å². The molecule has 0 amide bonds. The molecule has 3 heteroatoms. The lowest BCUT2D eigenvalue weighted by Gasteiger charge is -2.21. The first-order chi connectivity index (χ1) is 8.20. The van der Waals surface area contributed by atoms with Crippen molar-refractivity contribution in [3.05, 3.63) is 29.8 Å². The SMILES string of the molecule is CC(C)Oc1ccccc1C(CC1CC1)NN. The van der Waals surface area contributed by atoms with E-state index in [4.69, 9.17) is 10.6 Å². The lowest BCUT2D eigenvalue weighted by Crippen LogP contribution is -2.29. The molecule has 1 aliphatic carbocycles. The smallest absolute Gasteiger partial charge is 0.124 e. The summed E-state index contributed by atoms with van der Waals surface area (Å²) in [5, 5.41) is 0. The second-order valence-corrected chi connectivity index (χ2v) is 5.10. The van der Waals surface area contributed by atoms with Crippen molar-refractivity contribution in [1.82, 2.24) is 5.43 Å². The van der Waals surface area contributed by atoms with E-state index >= 15 is 0 Å². The quantitative estimate of drug-likeness (QED) is 0.587. The van der Waals surface area contributed by atoms with Gasteiger partial charge in [-0.05, 0) is 32.3 Å². The van der Waals surface area contributed by atoms with Crippen molar-refractivity contribution in [2.75, 3.05) is 0 Å². The van der Waals surface area contributed by atoms with Crippen molar-refractivity contribution >= 4 is 0 Å². The van der Waals surface area contributed by atoms with Crippen LogP contribution in [0.3, 0.4) is 0 Å². The summed E-state index contributed by atoms with van der Waals surface area (Å²) in [7, 11) is 0. The molecule has 1 fully saturated rings. The number of hydrazine groups is 1. The summed E-state index contributed by atoms with van der Waals surface area (Å²) in [6.45, 7) is 4.09. The topological polar surface area (TPSA) is 47.3 Å². The Balaban J connectivity index is 2.15. The van der Waals surface area contributed by atoms with Crippen LogP contribution >= 0.6 is 0 Å². The zero-order valence-electron chi connectivity index (χ0n) is 10.6. The van der Waals surface area contributed by atoms with Crippen LogP contribution in [0.2, 0.25) is 0 Å². The number of ether oxygens (including phenoxy) is 1. The Labute approximate surface area is 103 Å². The third kappa shape index (κ3) is 3.45. The summed E-state index contributed by atoms with van der Waals surface area (Å²) in [5.41, 5.74) is 4.10. The van der Waals surface area contributed by atoms with Crippen molar-refractivity contribution in [3.63, 3.8) is 0 Å². The first kappa shape index (κ1) is 12.4. The minimum atomic E-state index is 0.190. The van der Waals surface area contributed by atoms with Crippen LogP contribution in [0.25, 0.3) is 0 Å². The van der Waals surface area contributed by atoms with Gasteiger partial charge in [-0.1, -0.05) is 31.0 Å². The molecule has 1 atom stereocenters. The number of nitrogens with two attached hydrogens (primary N) is 1. The Hall–Kier alpha value is -1.06. The fourth-order valence-electron chi connectivity index (χ4n) is 2.10. The molecule has 0 saturated heterocycles. The largest absolute Gasteiger partial charge is 0.491 e. The van der Waals surface area contributed by atoms with Crippen LogP contribution in [0.4, 0.5) is 0 Å². The average Bonchev–Trinajstić information content (AvgIpc) is 3.10. The van der Waals surface area contributed by atoms with Crippen LogP contribution in [-0.2, 0) is 0 Å². The summed E-state index contributed by atoms with van der Waals surface area (Å²) < 4.78 is 5.83. The molecule has 1 aliphatic rings. The molecule has 3 nitrogen and oxygen atoms in total. The monoisotopic (exact) mass is 234 g/mol. The fourth-order valence-corrected chi connectivity index (χ4v) is 2.10. The van der Waals surface area contributed by atoms with E-state index in [-0.39, 0.29) is 12.1 Å². The Kier molecular flexibility index (Phi) is 4.02. The first-order valence-electron chi connectivity index (χ1n) is 6.42. The van der Waals surface area contributed by atoms with Gasteiger partial charge in [0.05, 0.1) is 6.10 Å². The predicted molar refractivity (Wildman–Crippen MR) is 69.6 cm³/mol. The zero-order chi connectivity index (χ0) is 12.3. The second kappa shape index (κ2) is 5.52. The molecule has 17 heavy (non-hydrogen) atoms. The lowest BCUT2D eigenvalue weighted by atomic mass is 10.0. The summed E-state index contributed by atoms with van der Waals surface area (Å²) in [4.78, 5) is 0. The van der Waals surface area contributed by atoms with Gasteiger partial charge in [0.1, 0.15) is 5.75 Å². The molecule has 2 rings (SSSR count). The van der Waals surface area contributed by atoms with Gasteiger partial charge in [-0.2, -0.15) is 0 Å². The molecular formula is C14H22N2O. The van der Waals surface area contributed by atoms with Crippen LogP contribution in [0.15, 0.2) is 24.3 Å². The fraction of sp³-hybridized carbons (Fsp3) is 0.571. The number of para-hydroxylation sites is 1. The van der Waals surface area contributed by atoms with Gasteiger partial charge >= 0.3 is 0 Å². The normalized spacial score (nSPS) is 17.2. The van der Waals surface area contributed by atoms with Gasteiger partial charge in [-0.3, -0.25) is 11.3 Å². The highest BCUT2D eigenvalue weighted by molar-refractivity contribution is 5.36. The van der Waals surface area contributed by atoms with Crippen molar-refractivity contribution < 1.29 is 4.74 Å². The van der Waals surface area contributed by atoms with E-state index < -0.39 is 0 Å². The molecule has 94 valence electrons. The maximum atomic E-state index is 5.83. The molecule has 0 spiro atoms. The zero-order valence-corrected chi connectivity index (χ0v) is 10.6. The van der Waals surface area contributed by atoms with Crippen molar-refractivity contribution in [2.45, 2.75) is 45.3 Å². The van der Waals surface area contributed by atoms with E-state index in [1.165, 1.54) is 18.4 Å². The van der Waals surface area contributed by atoms with Crippen LogP contribution in [0, 0.1) is 5.92 Å². The van der Waals surface area contributed by atoms with Crippen LogP contribution in [0.5, 0.6) is 5.75 Å². The minimum absolute atomic E-state index is 0.190. The summed E-state index contributed by atoms with van der Waals surface area (Å²) >= 11 is 0. The highest BCUT2D eigenvalue weighted by atomic mass is 16.5. The standard InChI is InChI=1S/C14H22N2O/c1-10(2)17-14-6-4-3-5-12(14)13(16-15)9-11-7-8-11/h3-6,10-11,13,16H,7-9,15H2,1-2H3. The second-order valence-electron chi connectivity index (χ2n) is 5.10. The maximum Gasteiger partial charge on any atom is 0.124 e. The Morgan fingerprint density at radius 3 is 2.65 bits per heavy atom. The molecule has 1 unspecified atom stereocenters. The molecule has 0 radical (unpaired) electrons. The number of hydrogen-bond acceptors (Lipinski definition) is 3. The Morgan fingerprint density at radius 2 is 2.06 bits per heavy atom. The molecule has 0 aromatic heterocycles. The Bertz CT molecular complexity index is 361. The average molecular weight is 234 g/mol. The molecule has 1 saturated carbocycles. The molecule has 0 aliphatic heterocycles. The highest BCUT2D eigenvalue weighted by Gasteiger charge is 2.27. The van der Waals surface area contributed by atoms with Gasteiger partial charge in [0, 0.05) is 11.6 Å². The number of hydrogen-bond donors (Lipinski definition) is 2. The lowest BCUT2D eigenvalue weighted by molar-refractivity contribution is 0.237. The minimum Gasteiger partial charge on any atom is -0.491 e. The van der Waals surface area contributed by atoms with E-state index in [0.29, 0.717) is 0 Å². The third-order valence-corrected chi connectivity index (χ3v) is 3.12. The number of benzene rings is 1. The van der Waals surface area contributed by atoms with Crippen LogP contribution < -0.4 is 16.0 Å². The van der Waals surface area contributed by atoms with Gasteiger partial charge < -0.3 is 4.74 Å². The Morgan fingerprint density at radius 1 is 1.35 bits per heavy atom. The van der Waals surface area contributed by atoms with E-state index in [1.54, 1.807) is 0 Å². The van der Waals surface area contributed by atoms with Gasteiger partial charge in [0.25, 0.3) is 0 Å². The highest BCUT2D eigenvalue weighted by Crippen LogP contribution is 2.39. The summed E-state index contributed by atoms with van der Waals surface area (Å²) in [5.74, 6) is 7.46. The number of nitrogens with one attached hydrogen (secondary N) is 1. The summed E-state index contributed by atoms with van der Waals surface area (Å²) in [6.07, 6.45) is 3.97.